The fourth-order valence-electron chi connectivity index (χ4n) is 8.11. The molecule has 0 saturated carbocycles. The zero-order valence-corrected chi connectivity index (χ0v) is 28.0. The summed E-state index contributed by atoms with van der Waals surface area (Å²) in [6.45, 7) is 0. The van der Waals surface area contributed by atoms with Crippen molar-refractivity contribution in [3.63, 3.8) is 0 Å². The first-order valence-electron chi connectivity index (χ1n) is 17.6. The average Bonchev–Trinajstić information content (AvgIpc) is 3.89. The zero-order chi connectivity index (χ0) is 34.2. The third kappa shape index (κ3) is 4.21. The Hall–Kier alpha value is -7.04. The molecule has 11 aromatic rings. The minimum atomic E-state index is 0.834. The quantitative estimate of drug-likeness (QED) is 0.183. The van der Waals surface area contributed by atoms with E-state index in [2.05, 4.69) is 167 Å². The lowest BCUT2D eigenvalue weighted by molar-refractivity contribution is 0.668. The van der Waals surface area contributed by atoms with E-state index in [0.717, 1.165) is 83.3 Å². The topological polar surface area (TPSA) is 34.5 Å². The van der Waals surface area contributed by atoms with Gasteiger partial charge in [-0.1, -0.05) is 121 Å². The molecule has 4 nitrogen and oxygen atoms in total. The molecule has 0 bridgehead atoms. The summed E-state index contributed by atoms with van der Waals surface area (Å²) in [4.78, 5) is 2.36. The van der Waals surface area contributed by atoms with Crippen LogP contribution in [0.1, 0.15) is 0 Å². The van der Waals surface area contributed by atoms with Crippen molar-refractivity contribution in [2.75, 3.05) is 4.90 Å². The molecule has 0 spiro atoms. The van der Waals surface area contributed by atoms with Crippen LogP contribution in [0, 0.1) is 0 Å². The maximum atomic E-state index is 6.77. The normalized spacial score (nSPS) is 11.8. The Morgan fingerprint density at radius 2 is 1.04 bits per heavy atom. The highest BCUT2D eigenvalue weighted by atomic mass is 16.3. The molecule has 0 N–H and O–H groups in total. The van der Waals surface area contributed by atoms with Gasteiger partial charge < -0.3 is 18.3 Å². The molecule has 3 aromatic heterocycles. The zero-order valence-electron chi connectivity index (χ0n) is 28.0. The number of fused-ring (bicyclic) bond motifs is 9. The standard InChI is InChI=1S/C48H30N2O2/c1-3-14-31(15-4-1)34-28-29-41(46-39-20-9-12-25-45(39)52-48(34)46)50(42-23-13-21-38-37-19-8-11-24-44(37)51-47(38)42)33-26-27-36-35-18-7-10-22-40(35)49(43(36)30-33)32-16-5-2-6-17-32/h1-30H. The molecule has 4 heteroatoms. The number of aromatic nitrogens is 1. The van der Waals surface area contributed by atoms with E-state index < -0.39 is 0 Å². The predicted octanol–water partition coefficient (Wildman–Crippen LogP) is 13.7. The van der Waals surface area contributed by atoms with Gasteiger partial charge in [0.1, 0.15) is 16.7 Å². The molecule has 0 saturated heterocycles. The highest BCUT2D eigenvalue weighted by Gasteiger charge is 2.26. The van der Waals surface area contributed by atoms with Crippen LogP contribution in [0.5, 0.6) is 0 Å². The van der Waals surface area contributed by atoms with E-state index in [1.807, 2.05) is 24.3 Å². The van der Waals surface area contributed by atoms with Gasteiger partial charge in [-0.05, 0) is 66.2 Å². The number of hydrogen-bond acceptors (Lipinski definition) is 3. The second kappa shape index (κ2) is 11.2. The fourth-order valence-corrected chi connectivity index (χ4v) is 8.11. The average molecular weight is 667 g/mol. The molecule has 0 fully saturated rings. The molecule has 0 radical (unpaired) electrons. The number of nitrogens with zero attached hydrogens (tertiary/aromatic N) is 2. The van der Waals surface area contributed by atoms with Crippen LogP contribution in [-0.2, 0) is 0 Å². The van der Waals surface area contributed by atoms with Gasteiger partial charge >= 0.3 is 0 Å². The van der Waals surface area contributed by atoms with E-state index in [1.165, 1.54) is 16.3 Å². The van der Waals surface area contributed by atoms with Crippen LogP contribution in [0.4, 0.5) is 17.1 Å². The van der Waals surface area contributed by atoms with Gasteiger partial charge in [-0.2, -0.15) is 0 Å². The van der Waals surface area contributed by atoms with E-state index in [0.29, 0.717) is 0 Å². The van der Waals surface area contributed by atoms with Gasteiger partial charge in [0.2, 0.25) is 0 Å². The number of anilines is 3. The smallest absolute Gasteiger partial charge is 0.159 e. The molecular formula is C48H30N2O2. The lowest BCUT2D eigenvalue weighted by atomic mass is 9.99. The van der Waals surface area contributed by atoms with Gasteiger partial charge in [0, 0.05) is 43.9 Å². The van der Waals surface area contributed by atoms with Crippen LogP contribution in [0.15, 0.2) is 191 Å². The fraction of sp³-hybridized carbons (Fsp3) is 0. The molecule has 52 heavy (non-hydrogen) atoms. The highest BCUT2D eigenvalue weighted by Crippen LogP contribution is 2.49. The van der Waals surface area contributed by atoms with E-state index >= 15 is 0 Å². The van der Waals surface area contributed by atoms with Crippen molar-refractivity contribution in [3.8, 4) is 16.8 Å². The number of benzene rings is 8. The Morgan fingerprint density at radius 1 is 0.404 bits per heavy atom. The minimum absolute atomic E-state index is 0.834. The monoisotopic (exact) mass is 666 g/mol. The van der Waals surface area contributed by atoms with Crippen LogP contribution in [-0.4, -0.2) is 4.57 Å². The second-order valence-electron chi connectivity index (χ2n) is 13.3. The van der Waals surface area contributed by atoms with Crippen molar-refractivity contribution in [1.29, 1.82) is 0 Å². The number of furan rings is 2. The summed E-state index contributed by atoms with van der Waals surface area (Å²) in [5.41, 5.74) is 12.0. The lowest BCUT2D eigenvalue weighted by Crippen LogP contribution is -2.11. The molecule has 244 valence electrons. The first-order valence-corrected chi connectivity index (χ1v) is 17.6. The van der Waals surface area contributed by atoms with Crippen LogP contribution < -0.4 is 4.90 Å². The largest absolute Gasteiger partial charge is 0.455 e. The maximum Gasteiger partial charge on any atom is 0.159 e. The molecule has 0 atom stereocenters. The Labute approximate surface area is 299 Å². The SMILES string of the molecule is c1ccc(-c2ccc(N(c3ccc4c5ccccc5n(-c5ccccc5)c4c3)c3cccc4c3oc3ccccc34)c3c2oc2ccccc23)cc1. The maximum absolute atomic E-state index is 6.77. The van der Waals surface area contributed by atoms with E-state index in [1.54, 1.807) is 0 Å². The van der Waals surface area contributed by atoms with Crippen molar-refractivity contribution in [2.24, 2.45) is 0 Å². The van der Waals surface area contributed by atoms with Crippen molar-refractivity contribution in [2.45, 2.75) is 0 Å². The summed E-state index contributed by atoms with van der Waals surface area (Å²) in [5, 5.41) is 6.70. The third-order valence-electron chi connectivity index (χ3n) is 10.4. The van der Waals surface area contributed by atoms with E-state index in [-0.39, 0.29) is 0 Å². The molecular weight excluding hydrogens is 637 g/mol. The summed E-state index contributed by atoms with van der Waals surface area (Å²) < 4.78 is 15.9. The summed E-state index contributed by atoms with van der Waals surface area (Å²) in [7, 11) is 0. The van der Waals surface area contributed by atoms with Gasteiger partial charge in [0.05, 0.1) is 27.8 Å². The summed E-state index contributed by atoms with van der Waals surface area (Å²) in [5.74, 6) is 0. The molecule has 8 aromatic carbocycles. The summed E-state index contributed by atoms with van der Waals surface area (Å²) in [6, 6.07) is 64.1. The first-order chi connectivity index (χ1) is 25.8. The van der Waals surface area contributed by atoms with Crippen molar-refractivity contribution in [3.05, 3.63) is 182 Å². The number of rotatable bonds is 5. The first kappa shape index (κ1) is 28.8. The van der Waals surface area contributed by atoms with Crippen LogP contribution in [0.3, 0.4) is 0 Å². The Morgan fingerprint density at radius 3 is 1.87 bits per heavy atom. The van der Waals surface area contributed by atoms with Crippen molar-refractivity contribution in [1.82, 2.24) is 4.57 Å². The Bertz CT molecular complexity index is 3130. The third-order valence-corrected chi connectivity index (χ3v) is 10.4. The van der Waals surface area contributed by atoms with Crippen LogP contribution in [0.2, 0.25) is 0 Å². The molecule has 0 aliphatic rings. The van der Waals surface area contributed by atoms with Gasteiger partial charge in [0.15, 0.2) is 5.58 Å². The van der Waals surface area contributed by atoms with Gasteiger partial charge in [0.25, 0.3) is 0 Å². The molecule has 0 aliphatic heterocycles. The molecule has 0 aliphatic carbocycles. The van der Waals surface area contributed by atoms with E-state index in [4.69, 9.17) is 8.83 Å². The second-order valence-corrected chi connectivity index (χ2v) is 13.3. The van der Waals surface area contributed by atoms with Crippen LogP contribution >= 0.6 is 0 Å². The molecule has 11 rings (SSSR count). The van der Waals surface area contributed by atoms with Gasteiger partial charge in [-0.25, -0.2) is 0 Å². The predicted molar refractivity (Wildman–Crippen MR) is 215 cm³/mol. The highest BCUT2D eigenvalue weighted by molar-refractivity contribution is 6.19. The number of para-hydroxylation sites is 5. The summed E-state index contributed by atoms with van der Waals surface area (Å²) in [6.07, 6.45) is 0. The lowest BCUT2D eigenvalue weighted by Gasteiger charge is -2.27. The molecule has 0 amide bonds. The Balaban J connectivity index is 1.27. The molecule has 0 unspecified atom stereocenters. The summed E-state index contributed by atoms with van der Waals surface area (Å²) >= 11 is 0. The van der Waals surface area contributed by atoms with Gasteiger partial charge in [-0.15, -0.1) is 0 Å². The molecule has 3 heterocycles. The van der Waals surface area contributed by atoms with Crippen molar-refractivity contribution < 1.29 is 8.83 Å². The van der Waals surface area contributed by atoms with Crippen LogP contribution in [0.25, 0.3) is 82.5 Å². The number of hydrogen-bond donors (Lipinski definition) is 0. The minimum Gasteiger partial charge on any atom is -0.455 e. The Kier molecular flexibility index (Phi) is 6.22. The van der Waals surface area contributed by atoms with E-state index in [9.17, 15) is 0 Å². The van der Waals surface area contributed by atoms with Gasteiger partial charge in [-0.3, -0.25) is 0 Å². The van der Waals surface area contributed by atoms with Crippen molar-refractivity contribution >= 4 is 82.7 Å².